The van der Waals surface area contributed by atoms with Gasteiger partial charge in [-0.3, -0.25) is 0 Å². The lowest BCUT2D eigenvalue weighted by Gasteiger charge is -2.32. The van der Waals surface area contributed by atoms with Crippen LogP contribution in [0.4, 0.5) is 19.0 Å². The summed E-state index contributed by atoms with van der Waals surface area (Å²) >= 11 is 0. The van der Waals surface area contributed by atoms with E-state index in [0.717, 1.165) is 36.3 Å². The van der Waals surface area contributed by atoms with E-state index in [2.05, 4.69) is 15.0 Å². The van der Waals surface area contributed by atoms with Crippen LogP contribution in [0.25, 0.3) is 11.1 Å². The molecule has 0 N–H and O–H groups in total. The molecule has 0 amide bonds. The first kappa shape index (κ1) is 15.9. The molecule has 5 nitrogen and oxygen atoms in total. The SMILES string of the molecule is FC(F)(F)c1cc(N2CCCC(c3nc4ccccc4o3)C2)ncn1. The highest BCUT2D eigenvalue weighted by atomic mass is 19.4. The molecule has 3 heterocycles. The van der Waals surface area contributed by atoms with Crippen LogP contribution >= 0.6 is 0 Å². The zero-order valence-corrected chi connectivity index (χ0v) is 13.2. The van der Waals surface area contributed by atoms with E-state index in [4.69, 9.17) is 4.42 Å². The fourth-order valence-corrected chi connectivity index (χ4v) is 3.13. The van der Waals surface area contributed by atoms with Crippen molar-refractivity contribution in [1.29, 1.82) is 0 Å². The van der Waals surface area contributed by atoms with Gasteiger partial charge >= 0.3 is 6.18 Å². The molecular weight excluding hydrogens is 333 g/mol. The minimum Gasteiger partial charge on any atom is -0.440 e. The van der Waals surface area contributed by atoms with Crippen molar-refractivity contribution in [3.63, 3.8) is 0 Å². The Morgan fingerprint density at radius 1 is 1.16 bits per heavy atom. The van der Waals surface area contributed by atoms with Crippen LogP contribution in [0.5, 0.6) is 0 Å². The molecule has 1 aliphatic rings. The average Bonchev–Trinajstić information content (AvgIpc) is 3.05. The number of rotatable bonds is 2. The number of halogens is 3. The molecule has 3 aromatic rings. The van der Waals surface area contributed by atoms with E-state index in [9.17, 15) is 13.2 Å². The zero-order valence-electron chi connectivity index (χ0n) is 13.2. The molecule has 0 aliphatic carbocycles. The van der Waals surface area contributed by atoms with Crippen molar-refractivity contribution in [3.8, 4) is 0 Å². The maximum absolute atomic E-state index is 12.9. The molecule has 130 valence electrons. The maximum Gasteiger partial charge on any atom is 0.433 e. The number of anilines is 1. The summed E-state index contributed by atoms with van der Waals surface area (Å²) < 4.78 is 44.4. The highest BCUT2D eigenvalue weighted by Crippen LogP contribution is 2.33. The van der Waals surface area contributed by atoms with Crippen molar-refractivity contribution >= 4 is 16.9 Å². The Morgan fingerprint density at radius 2 is 2.00 bits per heavy atom. The van der Waals surface area contributed by atoms with Crippen molar-refractivity contribution in [1.82, 2.24) is 15.0 Å². The minimum atomic E-state index is -4.48. The predicted molar refractivity (Wildman–Crippen MR) is 85.2 cm³/mol. The topological polar surface area (TPSA) is 55.1 Å². The summed E-state index contributed by atoms with van der Waals surface area (Å²) in [7, 11) is 0. The molecule has 1 unspecified atom stereocenters. The number of para-hydroxylation sites is 2. The van der Waals surface area contributed by atoms with E-state index in [0.29, 0.717) is 19.0 Å². The first-order valence-electron chi connectivity index (χ1n) is 8.00. The highest BCUT2D eigenvalue weighted by Gasteiger charge is 2.34. The smallest absolute Gasteiger partial charge is 0.433 e. The van der Waals surface area contributed by atoms with E-state index in [1.807, 2.05) is 29.2 Å². The normalized spacial score (nSPS) is 18.7. The quantitative estimate of drug-likeness (QED) is 0.700. The Morgan fingerprint density at radius 3 is 2.80 bits per heavy atom. The molecule has 0 spiro atoms. The largest absolute Gasteiger partial charge is 0.440 e. The third-order valence-electron chi connectivity index (χ3n) is 4.35. The first-order chi connectivity index (χ1) is 12.0. The van der Waals surface area contributed by atoms with Gasteiger partial charge in [0.2, 0.25) is 0 Å². The van der Waals surface area contributed by atoms with Gasteiger partial charge in [0.05, 0.1) is 5.92 Å². The van der Waals surface area contributed by atoms with Crippen LogP contribution in [0, 0.1) is 0 Å². The van der Waals surface area contributed by atoms with Gasteiger partial charge in [0.1, 0.15) is 23.4 Å². The molecule has 2 aromatic heterocycles. The van der Waals surface area contributed by atoms with Crippen LogP contribution in [0.2, 0.25) is 0 Å². The lowest BCUT2D eigenvalue weighted by molar-refractivity contribution is -0.141. The molecule has 0 radical (unpaired) electrons. The number of alkyl halides is 3. The van der Waals surface area contributed by atoms with Crippen molar-refractivity contribution < 1.29 is 17.6 Å². The van der Waals surface area contributed by atoms with Crippen LogP contribution in [0.3, 0.4) is 0 Å². The Labute approximate surface area is 141 Å². The highest BCUT2D eigenvalue weighted by molar-refractivity contribution is 5.72. The van der Waals surface area contributed by atoms with Crippen molar-refractivity contribution in [2.24, 2.45) is 0 Å². The molecule has 1 aromatic carbocycles. The summed E-state index contributed by atoms with van der Waals surface area (Å²) in [5.41, 5.74) is 0.577. The fourth-order valence-electron chi connectivity index (χ4n) is 3.13. The molecule has 1 fully saturated rings. The van der Waals surface area contributed by atoms with Crippen molar-refractivity contribution in [2.75, 3.05) is 18.0 Å². The Balaban J connectivity index is 1.59. The summed E-state index contributed by atoms with van der Waals surface area (Å²) in [5, 5.41) is 0. The van der Waals surface area contributed by atoms with Crippen molar-refractivity contribution in [2.45, 2.75) is 24.9 Å². The summed E-state index contributed by atoms with van der Waals surface area (Å²) in [6.07, 6.45) is -1.82. The summed E-state index contributed by atoms with van der Waals surface area (Å²) in [4.78, 5) is 13.7. The molecule has 25 heavy (non-hydrogen) atoms. The Bertz CT molecular complexity index is 860. The number of nitrogens with zero attached hydrogens (tertiary/aromatic N) is 4. The number of fused-ring (bicyclic) bond motifs is 1. The second kappa shape index (κ2) is 6.02. The molecule has 0 saturated carbocycles. The maximum atomic E-state index is 12.9. The molecule has 1 aliphatic heterocycles. The van der Waals surface area contributed by atoms with Gasteiger partial charge in [-0.15, -0.1) is 0 Å². The van der Waals surface area contributed by atoms with Crippen LogP contribution < -0.4 is 4.90 Å². The number of benzene rings is 1. The van der Waals surface area contributed by atoms with E-state index >= 15 is 0 Å². The summed E-state index contributed by atoms with van der Waals surface area (Å²) in [6, 6.07) is 8.50. The van der Waals surface area contributed by atoms with E-state index in [-0.39, 0.29) is 11.7 Å². The van der Waals surface area contributed by atoms with Gasteiger partial charge in [0.15, 0.2) is 11.5 Å². The number of aromatic nitrogens is 3. The minimum absolute atomic E-state index is 0.0189. The Kier molecular flexibility index (Phi) is 3.82. The number of hydrogen-bond donors (Lipinski definition) is 0. The third kappa shape index (κ3) is 3.16. The second-order valence-corrected chi connectivity index (χ2v) is 6.06. The standard InChI is InChI=1S/C17H15F3N4O/c18-17(19,20)14-8-15(22-10-21-14)24-7-3-4-11(9-24)16-23-12-5-1-2-6-13(12)25-16/h1-2,5-6,8,10-11H,3-4,7,9H2. The number of oxazole rings is 1. The van der Waals surface area contributed by atoms with E-state index in [1.165, 1.54) is 0 Å². The summed E-state index contributed by atoms with van der Waals surface area (Å²) in [5.74, 6) is 0.921. The van der Waals surface area contributed by atoms with Gasteiger partial charge < -0.3 is 9.32 Å². The fraction of sp³-hybridized carbons (Fsp3) is 0.353. The lowest BCUT2D eigenvalue weighted by atomic mass is 9.98. The van der Waals surface area contributed by atoms with Crippen LogP contribution in [0.1, 0.15) is 30.3 Å². The molecule has 1 atom stereocenters. The van der Waals surface area contributed by atoms with Crippen molar-refractivity contribution in [3.05, 3.63) is 48.2 Å². The Hall–Kier alpha value is -2.64. The van der Waals surface area contributed by atoms with Crippen LogP contribution in [0.15, 0.2) is 41.1 Å². The lowest BCUT2D eigenvalue weighted by Crippen LogP contribution is -2.35. The first-order valence-corrected chi connectivity index (χ1v) is 8.00. The van der Waals surface area contributed by atoms with E-state index in [1.54, 1.807) is 0 Å². The van der Waals surface area contributed by atoms with Gasteiger partial charge in [0, 0.05) is 19.2 Å². The molecular formula is C17H15F3N4O. The summed E-state index contributed by atoms with van der Waals surface area (Å²) in [6.45, 7) is 1.16. The molecule has 4 rings (SSSR count). The predicted octanol–water partition coefficient (Wildman–Crippen LogP) is 4.02. The number of piperidine rings is 1. The van der Waals surface area contributed by atoms with Gasteiger partial charge in [0.25, 0.3) is 0 Å². The van der Waals surface area contributed by atoms with Crippen LogP contribution in [-0.4, -0.2) is 28.0 Å². The average molecular weight is 348 g/mol. The second-order valence-electron chi connectivity index (χ2n) is 6.06. The monoisotopic (exact) mass is 348 g/mol. The molecule has 1 saturated heterocycles. The van der Waals surface area contributed by atoms with E-state index < -0.39 is 11.9 Å². The molecule has 8 heteroatoms. The van der Waals surface area contributed by atoms with Gasteiger partial charge in [-0.2, -0.15) is 13.2 Å². The molecule has 0 bridgehead atoms. The third-order valence-corrected chi connectivity index (χ3v) is 4.35. The van der Waals surface area contributed by atoms with Gasteiger partial charge in [-0.05, 0) is 25.0 Å². The number of hydrogen-bond acceptors (Lipinski definition) is 5. The zero-order chi connectivity index (χ0) is 17.4. The van der Waals surface area contributed by atoms with Crippen LogP contribution in [-0.2, 0) is 6.18 Å². The van der Waals surface area contributed by atoms with Gasteiger partial charge in [-0.25, -0.2) is 15.0 Å². The van der Waals surface area contributed by atoms with Gasteiger partial charge in [-0.1, -0.05) is 12.1 Å².